The first-order valence-corrected chi connectivity index (χ1v) is 10.6. The summed E-state index contributed by atoms with van der Waals surface area (Å²) in [6.07, 6.45) is 4.13. The van der Waals surface area contributed by atoms with Gasteiger partial charge < -0.3 is 9.73 Å². The van der Waals surface area contributed by atoms with Gasteiger partial charge in [-0.25, -0.2) is 4.98 Å². The van der Waals surface area contributed by atoms with E-state index in [0.717, 1.165) is 26.4 Å². The van der Waals surface area contributed by atoms with Gasteiger partial charge in [-0.15, -0.1) is 21.5 Å². The molecule has 0 aliphatic heterocycles. The Kier molecular flexibility index (Phi) is 5.77. The highest BCUT2D eigenvalue weighted by Crippen LogP contribution is 2.29. The number of carbonyl (C=O) groups is 1. The normalized spacial score (nSPS) is 12.2. The van der Waals surface area contributed by atoms with Gasteiger partial charge in [0.05, 0.1) is 28.9 Å². The second-order valence-electron chi connectivity index (χ2n) is 7.55. The third-order valence-corrected chi connectivity index (χ3v) is 5.73. The summed E-state index contributed by atoms with van der Waals surface area (Å²) < 4.78 is 8.45. The Balaban J connectivity index is 1.43. The third kappa shape index (κ3) is 4.78. The van der Waals surface area contributed by atoms with Gasteiger partial charge in [-0.2, -0.15) is 10.4 Å². The molecule has 9 nitrogen and oxygen atoms in total. The van der Waals surface area contributed by atoms with Crippen molar-refractivity contribution in [2.24, 2.45) is 13.0 Å². The van der Waals surface area contributed by atoms with E-state index in [1.54, 1.807) is 16.0 Å². The van der Waals surface area contributed by atoms with Crippen molar-refractivity contribution in [1.82, 2.24) is 30.3 Å². The summed E-state index contributed by atoms with van der Waals surface area (Å²) in [4.78, 5) is 16.8. The number of nitrogens with one attached hydrogen (secondary N) is 1. The largest absolute Gasteiger partial charge is 0.424 e. The van der Waals surface area contributed by atoms with Gasteiger partial charge in [-0.05, 0) is 23.6 Å². The lowest BCUT2D eigenvalue weighted by Crippen LogP contribution is -2.38. The molecule has 4 rings (SSSR count). The number of hydrogen-bond donors (Lipinski definition) is 1. The molecule has 0 aliphatic carbocycles. The number of nitrogens with zero attached hydrogens (tertiary/aromatic N) is 6. The van der Waals surface area contributed by atoms with Crippen LogP contribution in [0.3, 0.4) is 0 Å². The van der Waals surface area contributed by atoms with Crippen LogP contribution in [0.2, 0.25) is 0 Å². The van der Waals surface area contributed by atoms with E-state index < -0.39 is 6.04 Å². The van der Waals surface area contributed by atoms with E-state index in [1.165, 1.54) is 0 Å². The third-order valence-electron chi connectivity index (χ3n) is 4.72. The van der Waals surface area contributed by atoms with Crippen LogP contribution in [0.1, 0.15) is 30.6 Å². The number of benzene rings is 1. The van der Waals surface area contributed by atoms with Crippen molar-refractivity contribution in [3.8, 4) is 17.2 Å². The summed E-state index contributed by atoms with van der Waals surface area (Å²) in [6, 6.07) is 7.64. The Morgan fingerprint density at radius 1 is 1.29 bits per heavy atom. The predicted octanol–water partition coefficient (Wildman–Crippen LogP) is 2.88. The first kappa shape index (κ1) is 20.7. The summed E-state index contributed by atoms with van der Waals surface area (Å²) in [7, 11) is 1.89. The zero-order chi connectivity index (χ0) is 22.0. The van der Waals surface area contributed by atoms with Gasteiger partial charge in [-0.3, -0.25) is 9.48 Å². The fourth-order valence-corrected chi connectivity index (χ4v) is 4.07. The number of aryl methyl sites for hydroxylation is 1. The SMILES string of the molecule is CC(C)C(C#N)NC(=O)Cc1nnc(Cc2nc3ccc(-c4cnn(C)c4)cc3s2)o1. The Labute approximate surface area is 182 Å². The summed E-state index contributed by atoms with van der Waals surface area (Å²) in [5.74, 6) is 0.311. The lowest BCUT2D eigenvalue weighted by molar-refractivity contribution is -0.121. The standard InChI is InChI=1S/C21H21N7O2S/c1-12(2)16(9-22)24-18(29)7-19-26-27-20(30-19)8-21-25-15-5-4-13(6-17(15)31-21)14-10-23-28(3)11-14/h4-6,10-12,16H,7-8H2,1-3H3,(H,24,29). The molecular weight excluding hydrogens is 414 g/mol. The summed E-state index contributed by atoms with van der Waals surface area (Å²) >= 11 is 1.56. The number of fused-ring (bicyclic) bond motifs is 1. The van der Waals surface area contributed by atoms with Crippen molar-refractivity contribution in [3.63, 3.8) is 0 Å². The Morgan fingerprint density at radius 2 is 2.10 bits per heavy atom. The molecule has 0 aliphatic rings. The molecule has 0 fully saturated rings. The topological polar surface area (TPSA) is 123 Å². The monoisotopic (exact) mass is 435 g/mol. The maximum atomic E-state index is 12.1. The number of carbonyl (C=O) groups excluding carboxylic acids is 1. The van der Waals surface area contributed by atoms with Gasteiger partial charge in [0.2, 0.25) is 17.7 Å². The van der Waals surface area contributed by atoms with Gasteiger partial charge in [-0.1, -0.05) is 19.9 Å². The number of thiazole rings is 1. The second-order valence-corrected chi connectivity index (χ2v) is 8.67. The van der Waals surface area contributed by atoms with E-state index in [4.69, 9.17) is 9.68 Å². The van der Waals surface area contributed by atoms with Gasteiger partial charge in [0, 0.05) is 18.8 Å². The molecule has 3 heterocycles. The summed E-state index contributed by atoms with van der Waals surface area (Å²) in [5.41, 5.74) is 3.04. The molecule has 31 heavy (non-hydrogen) atoms. The molecule has 3 aromatic heterocycles. The number of nitriles is 1. The van der Waals surface area contributed by atoms with Crippen LogP contribution in [0.5, 0.6) is 0 Å². The lowest BCUT2D eigenvalue weighted by Gasteiger charge is -2.13. The van der Waals surface area contributed by atoms with Gasteiger partial charge in [0.15, 0.2) is 0 Å². The molecule has 0 saturated heterocycles. The first-order chi connectivity index (χ1) is 14.9. The Morgan fingerprint density at radius 3 is 2.81 bits per heavy atom. The number of amides is 1. The summed E-state index contributed by atoms with van der Waals surface area (Å²) in [5, 5.41) is 24.8. The molecular formula is C21H21N7O2S. The van der Waals surface area contributed by atoms with E-state index in [9.17, 15) is 4.79 Å². The van der Waals surface area contributed by atoms with Crippen molar-refractivity contribution in [2.45, 2.75) is 32.7 Å². The van der Waals surface area contributed by atoms with E-state index in [0.29, 0.717) is 12.3 Å². The Hall–Kier alpha value is -3.58. The number of aromatic nitrogens is 5. The molecule has 10 heteroatoms. The van der Waals surface area contributed by atoms with Crippen LogP contribution in [0.15, 0.2) is 35.0 Å². The highest BCUT2D eigenvalue weighted by atomic mass is 32.1. The zero-order valence-electron chi connectivity index (χ0n) is 17.4. The van der Waals surface area contributed by atoms with E-state index in [1.807, 2.05) is 45.4 Å². The minimum atomic E-state index is -0.547. The van der Waals surface area contributed by atoms with Gasteiger partial charge >= 0.3 is 0 Å². The van der Waals surface area contributed by atoms with Gasteiger partial charge in [0.25, 0.3) is 0 Å². The predicted molar refractivity (Wildman–Crippen MR) is 115 cm³/mol. The minimum Gasteiger partial charge on any atom is -0.424 e. The van der Waals surface area contributed by atoms with Crippen LogP contribution in [0, 0.1) is 17.2 Å². The molecule has 1 aromatic carbocycles. The molecule has 158 valence electrons. The average Bonchev–Trinajstić information content (AvgIpc) is 3.45. The van der Waals surface area contributed by atoms with Crippen LogP contribution in [-0.4, -0.2) is 36.9 Å². The molecule has 1 unspecified atom stereocenters. The van der Waals surface area contributed by atoms with Crippen molar-refractivity contribution in [1.29, 1.82) is 5.26 Å². The van der Waals surface area contributed by atoms with Crippen LogP contribution in [-0.2, 0) is 24.7 Å². The molecule has 0 bridgehead atoms. The highest BCUT2D eigenvalue weighted by molar-refractivity contribution is 7.18. The average molecular weight is 436 g/mol. The molecule has 4 aromatic rings. The van der Waals surface area contributed by atoms with Gasteiger partial charge in [0.1, 0.15) is 17.5 Å². The van der Waals surface area contributed by atoms with Crippen LogP contribution in [0.4, 0.5) is 0 Å². The van der Waals surface area contributed by atoms with Crippen molar-refractivity contribution in [3.05, 3.63) is 47.4 Å². The first-order valence-electron chi connectivity index (χ1n) is 9.80. The number of hydrogen-bond acceptors (Lipinski definition) is 8. The van der Waals surface area contributed by atoms with Crippen molar-refractivity contribution < 1.29 is 9.21 Å². The van der Waals surface area contributed by atoms with Crippen molar-refractivity contribution >= 4 is 27.5 Å². The molecule has 1 atom stereocenters. The molecule has 0 spiro atoms. The molecule has 1 N–H and O–H groups in total. The lowest BCUT2D eigenvalue weighted by atomic mass is 10.1. The van der Waals surface area contributed by atoms with Crippen LogP contribution in [0.25, 0.3) is 21.3 Å². The fraction of sp³-hybridized carbons (Fsp3) is 0.333. The second kappa shape index (κ2) is 8.65. The highest BCUT2D eigenvalue weighted by Gasteiger charge is 2.18. The molecule has 0 saturated carbocycles. The maximum absolute atomic E-state index is 12.1. The Bertz CT molecular complexity index is 1260. The van der Waals surface area contributed by atoms with Crippen LogP contribution >= 0.6 is 11.3 Å². The fourth-order valence-electron chi connectivity index (χ4n) is 3.07. The maximum Gasteiger partial charge on any atom is 0.230 e. The van der Waals surface area contributed by atoms with E-state index in [2.05, 4.69) is 37.7 Å². The smallest absolute Gasteiger partial charge is 0.230 e. The molecule has 1 amide bonds. The van der Waals surface area contributed by atoms with Crippen LogP contribution < -0.4 is 5.32 Å². The van der Waals surface area contributed by atoms with Crippen molar-refractivity contribution in [2.75, 3.05) is 0 Å². The molecule has 0 radical (unpaired) electrons. The summed E-state index contributed by atoms with van der Waals surface area (Å²) in [6.45, 7) is 3.74. The quantitative estimate of drug-likeness (QED) is 0.473. The van der Waals surface area contributed by atoms with E-state index >= 15 is 0 Å². The number of rotatable bonds is 7. The minimum absolute atomic E-state index is 0.0184. The van der Waals surface area contributed by atoms with E-state index in [-0.39, 0.29) is 24.1 Å². The zero-order valence-corrected chi connectivity index (χ0v) is 18.2.